The second kappa shape index (κ2) is 5.34. The minimum atomic E-state index is -0.118. The monoisotopic (exact) mass is 308 g/mol. The van der Waals surface area contributed by atoms with E-state index < -0.39 is 0 Å². The molecule has 2 N–H and O–H groups in total. The molecule has 3 nitrogen and oxygen atoms in total. The Morgan fingerprint density at radius 1 is 1.52 bits per heavy atom. The lowest BCUT2D eigenvalue weighted by atomic mass is 9.48. The van der Waals surface area contributed by atoms with Crippen LogP contribution < -0.4 is 5.73 Å². The van der Waals surface area contributed by atoms with Gasteiger partial charge in [0.1, 0.15) is 0 Å². The molecular formula is C17H28N2OS. The molecule has 0 amide bonds. The second-order valence-electron chi connectivity index (χ2n) is 7.50. The van der Waals surface area contributed by atoms with Gasteiger partial charge >= 0.3 is 0 Å². The number of likely N-dealkylation sites (N-methyl/N-ethyl adjacent to an activating group) is 1. The molecule has 0 bridgehead atoms. The molecule has 1 aromatic heterocycles. The highest BCUT2D eigenvalue weighted by atomic mass is 32.1. The van der Waals surface area contributed by atoms with E-state index in [1.54, 1.807) is 0 Å². The number of thiophene rings is 1. The number of nitrogens with two attached hydrogens (primary N) is 1. The van der Waals surface area contributed by atoms with Gasteiger partial charge in [-0.2, -0.15) is 0 Å². The Kier molecular flexibility index (Phi) is 3.93. The van der Waals surface area contributed by atoms with Crippen molar-refractivity contribution in [2.45, 2.75) is 51.3 Å². The van der Waals surface area contributed by atoms with E-state index in [1.165, 1.54) is 4.88 Å². The highest BCUT2D eigenvalue weighted by Crippen LogP contribution is 2.58. The molecule has 3 rings (SSSR count). The molecule has 2 aliphatic rings. The van der Waals surface area contributed by atoms with Crippen LogP contribution in [0.2, 0.25) is 0 Å². The molecule has 1 saturated carbocycles. The summed E-state index contributed by atoms with van der Waals surface area (Å²) >= 11 is 1.84. The van der Waals surface area contributed by atoms with Crippen LogP contribution in [0.1, 0.15) is 32.1 Å². The Hall–Kier alpha value is -0.420. The SMILES string of the molecule is CC(Cc1cccs1)N(C)CC1(N)C2CCOC2C1(C)C. The smallest absolute Gasteiger partial charge is 0.0691 e. The Balaban J connectivity index is 1.65. The molecule has 118 valence electrons. The van der Waals surface area contributed by atoms with Gasteiger partial charge in [-0.15, -0.1) is 11.3 Å². The Morgan fingerprint density at radius 3 is 2.95 bits per heavy atom. The third-order valence-electron chi connectivity index (χ3n) is 6.00. The van der Waals surface area contributed by atoms with Gasteiger partial charge in [0.25, 0.3) is 0 Å². The van der Waals surface area contributed by atoms with Crippen LogP contribution in [-0.4, -0.2) is 42.8 Å². The first-order valence-corrected chi connectivity index (χ1v) is 8.87. The number of fused-ring (bicyclic) bond motifs is 1. The van der Waals surface area contributed by atoms with E-state index >= 15 is 0 Å². The summed E-state index contributed by atoms with van der Waals surface area (Å²) in [6.45, 7) is 8.69. The van der Waals surface area contributed by atoms with Gasteiger partial charge < -0.3 is 15.4 Å². The van der Waals surface area contributed by atoms with E-state index in [9.17, 15) is 0 Å². The predicted octanol–water partition coefficient (Wildman–Crippen LogP) is 2.75. The summed E-state index contributed by atoms with van der Waals surface area (Å²) in [6.07, 6.45) is 2.59. The highest BCUT2D eigenvalue weighted by molar-refractivity contribution is 7.09. The van der Waals surface area contributed by atoms with Crippen molar-refractivity contribution in [2.75, 3.05) is 20.2 Å². The van der Waals surface area contributed by atoms with Crippen molar-refractivity contribution < 1.29 is 4.74 Å². The fourth-order valence-corrected chi connectivity index (χ4v) is 5.07. The van der Waals surface area contributed by atoms with Gasteiger partial charge in [0.05, 0.1) is 6.10 Å². The average Bonchev–Trinajstić information content (AvgIpc) is 3.08. The summed E-state index contributed by atoms with van der Waals surface area (Å²) < 4.78 is 5.89. The minimum Gasteiger partial charge on any atom is -0.377 e. The third-order valence-corrected chi connectivity index (χ3v) is 6.90. The van der Waals surface area contributed by atoms with Crippen LogP contribution in [0.4, 0.5) is 0 Å². The molecular weight excluding hydrogens is 280 g/mol. The molecule has 2 heterocycles. The Bertz CT molecular complexity index is 487. The fourth-order valence-electron chi connectivity index (χ4n) is 4.24. The average molecular weight is 308 g/mol. The molecule has 1 saturated heterocycles. The molecule has 2 fully saturated rings. The van der Waals surface area contributed by atoms with Crippen molar-refractivity contribution in [1.29, 1.82) is 0 Å². The van der Waals surface area contributed by atoms with E-state index in [1.807, 2.05) is 11.3 Å². The van der Waals surface area contributed by atoms with E-state index in [0.29, 0.717) is 18.1 Å². The second-order valence-corrected chi connectivity index (χ2v) is 8.53. The van der Waals surface area contributed by atoms with Crippen LogP contribution in [0.3, 0.4) is 0 Å². The molecule has 21 heavy (non-hydrogen) atoms. The maximum Gasteiger partial charge on any atom is 0.0691 e. The third kappa shape index (κ3) is 2.37. The maximum atomic E-state index is 6.86. The van der Waals surface area contributed by atoms with Crippen molar-refractivity contribution in [1.82, 2.24) is 4.90 Å². The lowest BCUT2D eigenvalue weighted by molar-refractivity contribution is -0.163. The first-order chi connectivity index (χ1) is 9.86. The predicted molar refractivity (Wildman–Crippen MR) is 88.7 cm³/mol. The summed E-state index contributed by atoms with van der Waals surface area (Å²) in [5.74, 6) is 0.531. The fraction of sp³-hybridized carbons (Fsp3) is 0.765. The first kappa shape index (κ1) is 15.5. The summed E-state index contributed by atoms with van der Waals surface area (Å²) in [5, 5.41) is 2.15. The molecule has 4 atom stereocenters. The summed E-state index contributed by atoms with van der Waals surface area (Å²) in [5.41, 5.74) is 6.81. The Labute approximate surface area is 132 Å². The Morgan fingerprint density at radius 2 is 2.29 bits per heavy atom. The molecule has 1 aliphatic heterocycles. The van der Waals surface area contributed by atoms with Crippen LogP contribution in [0.5, 0.6) is 0 Å². The van der Waals surface area contributed by atoms with E-state index in [-0.39, 0.29) is 11.0 Å². The van der Waals surface area contributed by atoms with Gasteiger partial charge in [-0.05, 0) is 38.3 Å². The van der Waals surface area contributed by atoms with Crippen molar-refractivity contribution in [3.8, 4) is 0 Å². The number of ether oxygens (including phenoxy) is 1. The molecule has 4 unspecified atom stereocenters. The van der Waals surface area contributed by atoms with Crippen LogP contribution in [-0.2, 0) is 11.2 Å². The molecule has 0 radical (unpaired) electrons. The number of nitrogens with zero attached hydrogens (tertiary/aromatic N) is 1. The van der Waals surface area contributed by atoms with Gasteiger partial charge in [-0.1, -0.05) is 19.9 Å². The number of hydrogen-bond acceptors (Lipinski definition) is 4. The summed E-state index contributed by atoms with van der Waals surface area (Å²) in [7, 11) is 2.21. The van der Waals surface area contributed by atoms with Crippen molar-refractivity contribution in [2.24, 2.45) is 17.1 Å². The number of rotatable bonds is 5. The minimum absolute atomic E-state index is 0.0745. The normalized spacial score (nSPS) is 35.5. The van der Waals surface area contributed by atoms with Crippen LogP contribution in [0.25, 0.3) is 0 Å². The largest absolute Gasteiger partial charge is 0.377 e. The number of hydrogen-bond donors (Lipinski definition) is 1. The van der Waals surface area contributed by atoms with Gasteiger partial charge in [-0.3, -0.25) is 0 Å². The van der Waals surface area contributed by atoms with E-state index in [4.69, 9.17) is 10.5 Å². The molecule has 1 aromatic rings. The zero-order chi connectivity index (χ0) is 15.3. The zero-order valence-corrected chi connectivity index (χ0v) is 14.5. The standard InChI is InChI=1S/C17H28N2OS/c1-12(10-13-6-5-9-21-13)19(4)11-17(18)14-7-8-20-15(14)16(17,2)3/h5-6,9,12,14-15H,7-8,10-11,18H2,1-4H3. The highest BCUT2D eigenvalue weighted by Gasteiger charge is 2.67. The van der Waals surface area contributed by atoms with Crippen LogP contribution in [0.15, 0.2) is 17.5 Å². The van der Waals surface area contributed by atoms with Gasteiger partial charge in [0, 0.05) is 40.9 Å². The van der Waals surface area contributed by atoms with E-state index in [2.05, 4.69) is 50.2 Å². The summed E-state index contributed by atoms with van der Waals surface area (Å²) in [6, 6.07) is 4.87. The van der Waals surface area contributed by atoms with Gasteiger partial charge in [0.2, 0.25) is 0 Å². The molecule has 4 heteroatoms. The molecule has 0 aromatic carbocycles. The van der Waals surface area contributed by atoms with Crippen LogP contribution >= 0.6 is 11.3 Å². The topological polar surface area (TPSA) is 38.5 Å². The van der Waals surface area contributed by atoms with Gasteiger partial charge in [0.15, 0.2) is 0 Å². The quantitative estimate of drug-likeness (QED) is 0.909. The maximum absolute atomic E-state index is 6.86. The molecule has 0 spiro atoms. The van der Waals surface area contributed by atoms with Crippen molar-refractivity contribution >= 4 is 11.3 Å². The first-order valence-electron chi connectivity index (χ1n) is 7.99. The molecule has 1 aliphatic carbocycles. The van der Waals surface area contributed by atoms with Gasteiger partial charge in [-0.25, -0.2) is 0 Å². The zero-order valence-electron chi connectivity index (χ0n) is 13.6. The summed E-state index contributed by atoms with van der Waals surface area (Å²) in [4.78, 5) is 3.89. The van der Waals surface area contributed by atoms with Crippen molar-refractivity contribution in [3.05, 3.63) is 22.4 Å². The lowest BCUT2D eigenvalue weighted by Crippen LogP contribution is -2.78. The lowest BCUT2D eigenvalue weighted by Gasteiger charge is -2.63. The van der Waals surface area contributed by atoms with Crippen LogP contribution in [0, 0.1) is 11.3 Å². The van der Waals surface area contributed by atoms with Crippen molar-refractivity contribution in [3.63, 3.8) is 0 Å². The van der Waals surface area contributed by atoms with E-state index in [0.717, 1.165) is 26.0 Å².